The first-order valence-corrected chi connectivity index (χ1v) is 12.5. The van der Waals surface area contributed by atoms with E-state index in [2.05, 4.69) is 16.7 Å². The molecule has 0 radical (unpaired) electrons. The molecule has 3 atom stereocenters. The van der Waals surface area contributed by atoms with E-state index in [1.54, 1.807) is 4.90 Å². The van der Waals surface area contributed by atoms with Crippen LogP contribution in [-0.2, 0) is 9.53 Å². The van der Waals surface area contributed by atoms with Crippen LogP contribution < -0.4 is 26.2 Å². The van der Waals surface area contributed by atoms with Crippen molar-refractivity contribution in [2.24, 2.45) is 17.6 Å². The highest BCUT2D eigenvalue weighted by molar-refractivity contribution is 6.04. The Morgan fingerprint density at radius 2 is 2.03 bits per heavy atom. The number of nitrogens with two attached hydrogens (primary N) is 1. The number of nitrogens with zero attached hydrogens (tertiary/aromatic N) is 2. The number of hydrogen-bond donors (Lipinski definition) is 3. The first-order valence-electron chi connectivity index (χ1n) is 12.5. The van der Waals surface area contributed by atoms with Crippen LogP contribution in [0.2, 0.25) is 0 Å². The van der Waals surface area contributed by atoms with Crippen molar-refractivity contribution in [2.45, 2.75) is 58.1 Å². The fraction of sp³-hybridized carbons (Fsp3) is 0.680. The molecule has 2 amide bonds. The summed E-state index contributed by atoms with van der Waals surface area (Å²) in [5, 5.41) is 6.99. The molecule has 4 N–H and O–H groups in total. The van der Waals surface area contributed by atoms with Crippen LogP contribution in [0, 0.1) is 11.8 Å². The molecular weight excluding hydrogens is 418 g/mol. The fourth-order valence-corrected chi connectivity index (χ4v) is 4.88. The lowest BCUT2D eigenvalue weighted by Gasteiger charge is -2.41. The molecule has 1 unspecified atom stereocenters. The summed E-state index contributed by atoms with van der Waals surface area (Å²) < 4.78 is 5.54. The SMILES string of the molecule is CC(C)OC(=O)N1C[C@H](C)N(C(=O)C2CC2)c2ccc(C(CN)CNC[C@H]3CCNC3)cc21. The van der Waals surface area contributed by atoms with Crippen molar-refractivity contribution in [3.63, 3.8) is 0 Å². The highest BCUT2D eigenvalue weighted by Gasteiger charge is 2.41. The van der Waals surface area contributed by atoms with E-state index in [9.17, 15) is 9.59 Å². The van der Waals surface area contributed by atoms with Crippen molar-refractivity contribution in [2.75, 3.05) is 49.1 Å². The molecule has 2 heterocycles. The number of carbonyl (C=O) groups is 2. The number of anilines is 2. The monoisotopic (exact) mass is 457 g/mol. The minimum absolute atomic E-state index is 0.108. The van der Waals surface area contributed by atoms with Crippen LogP contribution in [0.25, 0.3) is 0 Å². The molecule has 1 aromatic carbocycles. The first kappa shape index (κ1) is 24.0. The van der Waals surface area contributed by atoms with Crippen molar-refractivity contribution in [1.29, 1.82) is 0 Å². The number of carbonyl (C=O) groups excluding carboxylic acids is 2. The Balaban J connectivity index is 1.58. The van der Waals surface area contributed by atoms with Crippen LogP contribution in [-0.4, -0.2) is 63.4 Å². The quantitative estimate of drug-likeness (QED) is 0.554. The predicted molar refractivity (Wildman–Crippen MR) is 131 cm³/mol. The van der Waals surface area contributed by atoms with Crippen LogP contribution >= 0.6 is 0 Å². The van der Waals surface area contributed by atoms with Crippen LogP contribution in [0.1, 0.15) is 51.5 Å². The van der Waals surface area contributed by atoms with Gasteiger partial charge in [0.1, 0.15) is 0 Å². The standard InChI is InChI=1S/C25H39N5O3/c1-16(2)33-25(32)29-15-17(3)30(24(31)19-4-5-19)22-7-6-20(10-23(22)29)21(11-26)14-28-13-18-8-9-27-12-18/h6-7,10,16-19,21,27-28H,4-5,8-9,11-15,26H2,1-3H3/t17-,18-,21?/m0/s1. The lowest BCUT2D eigenvalue weighted by Crippen LogP contribution is -2.52. The number of benzene rings is 1. The maximum absolute atomic E-state index is 13.1. The summed E-state index contributed by atoms with van der Waals surface area (Å²) in [6.45, 7) is 10.5. The molecule has 2 aliphatic heterocycles. The summed E-state index contributed by atoms with van der Waals surface area (Å²) >= 11 is 0. The summed E-state index contributed by atoms with van der Waals surface area (Å²) in [5.41, 5.74) is 8.76. The van der Waals surface area contributed by atoms with Gasteiger partial charge in [-0.25, -0.2) is 4.79 Å². The van der Waals surface area contributed by atoms with Gasteiger partial charge < -0.3 is 26.0 Å². The Kier molecular flexibility index (Phi) is 7.56. The normalized spacial score (nSPS) is 23.5. The second-order valence-electron chi connectivity index (χ2n) is 10.1. The average Bonchev–Trinajstić information content (AvgIpc) is 3.51. The molecule has 1 aromatic rings. The average molecular weight is 458 g/mol. The van der Waals surface area contributed by atoms with Gasteiger partial charge in [-0.3, -0.25) is 9.69 Å². The molecule has 2 fully saturated rings. The van der Waals surface area contributed by atoms with Crippen LogP contribution in [0.4, 0.5) is 16.2 Å². The smallest absolute Gasteiger partial charge is 0.414 e. The largest absolute Gasteiger partial charge is 0.446 e. The zero-order chi connectivity index (χ0) is 23.5. The summed E-state index contributed by atoms with van der Waals surface area (Å²) in [4.78, 5) is 29.6. The van der Waals surface area contributed by atoms with Gasteiger partial charge in [-0.05, 0) is 83.3 Å². The number of hydrogen-bond acceptors (Lipinski definition) is 6. The van der Waals surface area contributed by atoms with Gasteiger partial charge >= 0.3 is 6.09 Å². The highest BCUT2D eigenvalue weighted by Crippen LogP contribution is 2.41. The Morgan fingerprint density at radius 3 is 2.67 bits per heavy atom. The molecule has 1 saturated heterocycles. The molecule has 3 aliphatic rings. The van der Waals surface area contributed by atoms with Gasteiger partial charge in [0.15, 0.2) is 0 Å². The van der Waals surface area contributed by atoms with Crippen molar-refractivity contribution in [3.05, 3.63) is 23.8 Å². The molecule has 182 valence electrons. The molecule has 0 bridgehead atoms. The highest BCUT2D eigenvalue weighted by atomic mass is 16.6. The number of amides is 2. The van der Waals surface area contributed by atoms with Crippen molar-refractivity contribution in [1.82, 2.24) is 10.6 Å². The Morgan fingerprint density at radius 1 is 1.24 bits per heavy atom. The predicted octanol–water partition coefficient (Wildman–Crippen LogP) is 2.42. The number of ether oxygens (including phenoxy) is 1. The first-order chi connectivity index (χ1) is 15.9. The van der Waals surface area contributed by atoms with Crippen molar-refractivity contribution < 1.29 is 14.3 Å². The van der Waals surface area contributed by atoms with E-state index in [1.807, 2.05) is 37.8 Å². The maximum Gasteiger partial charge on any atom is 0.414 e. The lowest BCUT2D eigenvalue weighted by atomic mass is 9.95. The third-order valence-corrected chi connectivity index (χ3v) is 6.90. The van der Waals surface area contributed by atoms with Gasteiger partial charge in [-0.2, -0.15) is 0 Å². The molecule has 1 aliphatic carbocycles. The molecule has 33 heavy (non-hydrogen) atoms. The minimum Gasteiger partial charge on any atom is -0.446 e. The lowest BCUT2D eigenvalue weighted by molar-refractivity contribution is -0.120. The van der Waals surface area contributed by atoms with Gasteiger partial charge in [0.25, 0.3) is 0 Å². The van der Waals surface area contributed by atoms with Crippen LogP contribution in [0.5, 0.6) is 0 Å². The summed E-state index contributed by atoms with van der Waals surface area (Å²) in [7, 11) is 0. The van der Waals surface area contributed by atoms with Gasteiger partial charge in [-0.15, -0.1) is 0 Å². The van der Waals surface area contributed by atoms with Gasteiger partial charge in [0.05, 0.1) is 23.5 Å². The van der Waals surface area contributed by atoms with Crippen molar-refractivity contribution in [3.8, 4) is 0 Å². The third kappa shape index (κ3) is 5.50. The minimum atomic E-state index is -0.370. The van der Waals surface area contributed by atoms with Gasteiger partial charge in [0.2, 0.25) is 5.91 Å². The molecule has 8 nitrogen and oxygen atoms in total. The van der Waals surface area contributed by atoms with E-state index < -0.39 is 0 Å². The van der Waals surface area contributed by atoms with Crippen LogP contribution in [0.15, 0.2) is 18.2 Å². The summed E-state index contributed by atoms with van der Waals surface area (Å²) in [6, 6.07) is 5.97. The summed E-state index contributed by atoms with van der Waals surface area (Å²) in [6.07, 6.45) is 2.52. The van der Waals surface area contributed by atoms with E-state index in [1.165, 1.54) is 6.42 Å². The topological polar surface area (TPSA) is 99.9 Å². The number of rotatable bonds is 8. The van der Waals surface area contributed by atoms with Gasteiger partial charge in [-0.1, -0.05) is 6.07 Å². The van der Waals surface area contributed by atoms with E-state index in [-0.39, 0.29) is 36.0 Å². The molecule has 1 saturated carbocycles. The third-order valence-electron chi connectivity index (χ3n) is 6.90. The van der Waals surface area contributed by atoms with Crippen LogP contribution in [0.3, 0.4) is 0 Å². The van der Waals surface area contributed by atoms with Crippen molar-refractivity contribution >= 4 is 23.4 Å². The van der Waals surface area contributed by atoms with E-state index >= 15 is 0 Å². The van der Waals surface area contributed by atoms with Gasteiger partial charge in [0, 0.05) is 31.5 Å². The number of nitrogens with one attached hydrogen (secondary N) is 2. The Labute approximate surface area is 197 Å². The maximum atomic E-state index is 13.1. The fourth-order valence-electron chi connectivity index (χ4n) is 4.88. The summed E-state index contributed by atoms with van der Waals surface area (Å²) in [5.74, 6) is 1.06. The molecule has 0 spiro atoms. The van der Waals surface area contributed by atoms with E-state index in [4.69, 9.17) is 10.5 Å². The molecule has 4 rings (SSSR count). The second kappa shape index (κ2) is 10.4. The van der Waals surface area contributed by atoms with E-state index in [0.717, 1.165) is 56.0 Å². The molecular formula is C25H39N5O3. The molecule has 8 heteroatoms. The molecule has 0 aromatic heterocycles. The number of fused-ring (bicyclic) bond motifs is 1. The Bertz CT molecular complexity index is 850. The van der Waals surface area contributed by atoms with E-state index in [0.29, 0.717) is 19.0 Å². The zero-order valence-electron chi connectivity index (χ0n) is 20.2. The Hall–Kier alpha value is -2.16. The zero-order valence-corrected chi connectivity index (χ0v) is 20.2. The second-order valence-corrected chi connectivity index (χ2v) is 10.1.